The second kappa shape index (κ2) is 5.57. The van der Waals surface area contributed by atoms with Crippen molar-refractivity contribution >= 4 is 33.0 Å². The van der Waals surface area contributed by atoms with Gasteiger partial charge in [-0.2, -0.15) is 8.78 Å². The molecule has 9 heteroatoms. The summed E-state index contributed by atoms with van der Waals surface area (Å²) >= 11 is 5.33. The molecule has 2 N–H and O–H groups in total. The number of sulfone groups is 1. The molecule has 18 heavy (non-hydrogen) atoms. The van der Waals surface area contributed by atoms with E-state index in [9.17, 15) is 21.6 Å². The SMILES string of the molecule is NC(CCl)=Nc1ccc(F)cc1S(=O)(=O)C(F)F. The van der Waals surface area contributed by atoms with Crippen LogP contribution in [0.25, 0.3) is 0 Å². The Labute approximate surface area is 106 Å². The third-order valence-corrected chi connectivity index (χ3v) is 3.55. The van der Waals surface area contributed by atoms with Crippen LogP contribution in [0, 0.1) is 5.82 Å². The van der Waals surface area contributed by atoms with Gasteiger partial charge in [0.05, 0.1) is 11.6 Å². The van der Waals surface area contributed by atoms with Crippen molar-refractivity contribution in [3.05, 3.63) is 24.0 Å². The van der Waals surface area contributed by atoms with E-state index in [2.05, 4.69) is 4.99 Å². The molecule has 1 aromatic rings. The predicted octanol–water partition coefficient (Wildman–Crippen LogP) is 2.05. The first-order valence-electron chi connectivity index (χ1n) is 4.49. The number of rotatable bonds is 4. The second-order valence-electron chi connectivity index (χ2n) is 3.15. The molecular formula is C9H8ClF3N2O2S. The summed E-state index contributed by atoms with van der Waals surface area (Å²) in [6.07, 6.45) is 0. The van der Waals surface area contributed by atoms with E-state index in [-0.39, 0.29) is 17.4 Å². The van der Waals surface area contributed by atoms with Crippen LogP contribution in [0.2, 0.25) is 0 Å². The fraction of sp³-hybridized carbons (Fsp3) is 0.222. The summed E-state index contributed by atoms with van der Waals surface area (Å²) in [5.74, 6) is -5.04. The highest BCUT2D eigenvalue weighted by Crippen LogP contribution is 2.29. The van der Waals surface area contributed by atoms with Gasteiger partial charge < -0.3 is 5.73 Å². The average molecular weight is 301 g/mol. The molecule has 0 aliphatic heterocycles. The molecule has 4 nitrogen and oxygen atoms in total. The summed E-state index contributed by atoms with van der Waals surface area (Å²) < 4.78 is 60.4. The standard InChI is InChI=1S/C9H8ClF3N2O2S/c10-4-8(14)15-6-2-1-5(11)3-7(6)18(16,17)9(12)13/h1-3,9H,4H2,(H2,14,15). The smallest absolute Gasteiger partial charge is 0.341 e. The first-order valence-corrected chi connectivity index (χ1v) is 6.57. The Balaban J connectivity index is 3.47. The van der Waals surface area contributed by atoms with E-state index in [0.717, 1.165) is 12.1 Å². The number of aliphatic imine (C=N–C) groups is 1. The molecule has 0 unspecified atom stereocenters. The van der Waals surface area contributed by atoms with Gasteiger partial charge in [-0.1, -0.05) is 0 Å². The lowest BCUT2D eigenvalue weighted by molar-refractivity contribution is 0.234. The van der Waals surface area contributed by atoms with E-state index in [1.54, 1.807) is 0 Å². The normalized spacial score (nSPS) is 13.1. The molecule has 0 aromatic heterocycles. The van der Waals surface area contributed by atoms with Crippen LogP contribution in [0.1, 0.15) is 0 Å². The van der Waals surface area contributed by atoms with Crippen molar-refractivity contribution in [1.29, 1.82) is 0 Å². The highest BCUT2D eigenvalue weighted by atomic mass is 35.5. The molecular weight excluding hydrogens is 293 g/mol. The van der Waals surface area contributed by atoms with Crippen molar-refractivity contribution in [3.63, 3.8) is 0 Å². The topological polar surface area (TPSA) is 72.5 Å². The lowest BCUT2D eigenvalue weighted by Gasteiger charge is -2.07. The number of alkyl halides is 3. The molecule has 0 saturated heterocycles. The second-order valence-corrected chi connectivity index (χ2v) is 5.31. The molecule has 1 aromatic carbocycles. The van der Waals surface area contributed by atoms with E-state index in [0.29, 0.717) is 6.07 Å². The molecule has 0 saturated carbocycles. The van der Waals surface area contributed by atoms with Gasteiger partial charge in [0.1, 0.15) is 16.5 Å². The zero-order valence-electron chi connectivity index (χ0n) is 8.78. The number of hydrogen-bond acceptors (Lipinski definition) is 3. The Morgan fingerprint density at radius 3 is 2.56 bits per heavy atom. The van der Waals surface area contributed by atoms with Crippen LogP contribution in [0.5, 0.6) is 0 Å². The fourth-order valence-electron chi connectivity index (χ4n) is 1.09. The molecule has 0 aliphatic carbocycles. The minimum Gasteiger partial charge on any atom is -0.386 e. The highest BCUT2D eigenvalue weighted by molar-refractivity contribution is 7.91. The monoisotopic (exact) mass is 300 g/mol. The van der Waals surface area contributed by atoms with Gasteiger partial charge in [0.25, 0.3) is 0 Å². The molecule has 100 valence electrons. The molecule has 0 fully saturated rings. The van der Waals surface area contributed by atoms with Crippen molar-refractivity contribution in [2.75, 3.05) is 5.88 Å². The van der Waals surface area contributed by atoms with Crippen LogP contribution in [-0.2, 0) is 9.84 Å². The number of benzene rings is 1. The first-order chi connectivity index (χ1) is 8.28. The van der Waals surface area contributed by atoms with Crippen molar-refractivity contribution in [2.24, 2.45) is 10.7 Å². The molecule has 0 atom stereocenters. The summed E-state index contributed by atoms with van der Waals surface area (Å²) in [4.78, 5) is 2.63. The van der Waals surface area contributed by atoms with Gasteiger partial charge in [-0.3, -0.25) is 0 Å². The Kier molecular flexibility index (Phi) is 4.58. The van der Waals surface area contributed by atoms with E-state index in [4.69, 9.17) is 17.3 Å². The molecule has 0 radical (unpaired) electrons. The van der Waals surface area contributed by atoms with Crippen molar-refractivity contribution in [2.45, 2.75) is 10.7 Å². The van der Waals surface area contributed by atoms with E-state index < -0.39 is 26.3 Å². The van der Waals surface area contributed by atoms with Gasteiger partial charge >= 0.3 is 5.76 Å². The maximum absolute atomic E-state index is 12.9. The first kappa shape index (κ1) is 14.8. The Bertz CT molecular complexity index is 575. The zero-order chi connectivity index (χ0) is 13.9. The van der Waals surface area contributed by atoms with Crippen LogP contribution in [0.15, 0.2) is 28.1 Å². The summed E-state index contributed by atoms with van der Waals surface area (Å²) in [5, 5.41) is 0. The highest BCUT2D eigenvalue weighted by Gasteiger charge is 2.29. The minimum absolute atomic E-state index is 0.172. The van der Waals surface area contributed by atoms with Gasteiger partial charge in [-0.05, 0) is 18.2 Å². The third kappa shape index (κ3) is 3.14. The van der Waals surface area contributed by atoms with Crippen molar-refractivity contribution in [3.8, 4) is 0 Å². The van der Waals surface area contributed by atoms with E-state index in [1.165, 1.54) is 0 Å². The quantitative estimate of drug-likeness (QED) is 0.525. The largest absolute Gasteiger partial charge is 0.386 e. The number of nitrogens with two attached hydrogens (primary N) is 1. The Morgan fingerprint density at radius 1 is 1.44 bits per heavy atom. The number of nitrogens with zero attached hydrogens (tertiary/aromatic N) is 1. The number of hydrogen-bond donors (Lipinski definition) is 1. The van der Waals surface area contributed by atoms with Gasteiger partial charge in [0.15, 0.2) is 0 Å². The predicted molar refractivity (Wildman–Crippen MR) is 61.6 cm³/mol. The molecule has 0 aliphatic rings. The summed E-state index contributed by atoms with van der Waals surface area (Å²) in [7, 11) is -4.96. The maximum Gasteiger partial charge on any atom is 0.341 e. The summed E-state index contributed by atoms with van der Waals surface area (Å²) in [5.41, 5.74) is 4.89. The number of halogens is 4. The van der Waals surface area contributed by atoms with E-state index >= 15 is 0 Å². The average Bonchev–Trinajstić information content (AvgIpc) is 2.30. The van der Waals surface area contributed by atoms with Gasteiger partial charge in [0, 0.05) is 0 Å². The molecule has 0 heterocycles. The van der Waals surface area contributed by atoms with Crippen LogP contribution in [0.3, 0.4) is 0 Å². The fourth-order valence-corrected chi connectivity index (χ4v) is 2.02. The minimum atomic E-state index is -4.96. The molecule has 1 rings (SSSR count). The van der Waals surface area contributed by atoms with Gasteiger partial charge in [0.2, 0.25) is 9.84 Å². The van der Waals surface area contributed by atoms with Crippen molar-refractivity contribution < 1.29 is 21.6 Å². The maximum atomic E-state index is 12.9. The van der Waals surface area contributed by atoms with Crippen LogP contribution in [-0.4, -0.2) is 25.9 Å². The Morgan fingerprint density at radius 2 is 2.06 bits per heavy atom. The zero-order valence-corrected chi connectivity index (χ0v) is 10.4. The molecule has 0 bridgehead atoms. The molecule has 0 amide bonds. The third-order valence-electron chi connectivity index (χ3n) is 1.86. The number of amidine groups is 1. The van der Waals surface area contributed by atoms with Gasteiger partial charge in [-0.25, -0.2) is 17.8 Å². The lowest BCUT2D eigenvalue weighted by Crippen LogP contribution is -2.15. The Hall–Kier alpha value is -1.28. The van der Waals surface area contributed by atoms with Gasteiger partial charge in [-0.15, -0.1) is 11.6 Å². The van der Waals surface area contributed by atoms with Crippen LogP contribution in [0.4, 0.5) is 18.9 Å². The van der Waals surface area contributed by atoms with Crippen LogP contribution >= 0.6 is 11.6 Å². The lowest BCUT2D eigenvalue weighted by atomic mass is 10.3. The molecule has 0 spiro atoms. The summed E-state index contributed by atoms with van der Waals surface area (Å²) in [6.45, 7) is 0. The van der Waals surface area contributed by atoms with Crippen LogP contribution < -0.4 is 5.73 Å². The summed E-state index contributed by atoms with van der Waals surface area (Å²) in [6, 6.07) is 2.27. The van der Waals surface area contributed by atoms with Crippen molar-refractivity contribution in [1.82, 2.24) is 0 Å². The van der Waals surface area contributed by atoms with E-state index in [1.807, 2.05) is 0 Å².